The highest BCUT2D eigenvalue weighted by atomic mass is 16.5. The van der Waals surface area contributed by atoms with Crippen LogP contribution in [0, 0.1) is 0 Å². The molecule has 1 saturated heterocycles. The standard InChI is InChI=1S/C11H17NO3/c1-3-11(14)15-9(2)6-8-12-7-4-5-10(12)13/h3,9H,1,4-8H2,2H3. The molecule has 0 bridgehead atoms. The second-order valence-corrected chi connectivity index (χ2v) is 3.72. The van der Waals surface area contributed by atoms with Crippen molar-refractivity contribution < 1.29 is 14.3 Å². The highest BCUT2D eigenvalue weighted by molar-refractivity contribution is 5.81. The molecule has 1 amide bonds. The Hall–Kier alpha value is -1.32. The molecular weight excluding hydrogens is 194 g/mol. The van der Waals surface area contributed by atoms with E-state index in [1.807, 2.05) is 11.8 Å². The number of likely N-dealkylation sites (tertiary alicyclic amines) is 1. The van der Waals surface area contributed by atoms with Gasteiger partial charge in [-0.2, -0.15) is 0 Å². The Balaban J connectivity index is 2.21. The number of carbonyl (C=O) groups excluding carboxylic acids is 2. The molecule has 1 heterocycles. The van der Waals surface area contributed by atoms with Gasteiger partial charge in [-0.15, -0.1) is 0 Å². The lowest BCUT2D eigenvalue weighted by Crippen LogP contribution is -2.28. The molecule has 0 aromatic heterocycles. The number of esters is 1. The van der Waals surface area contributed by atoms with Crippen molar-refractivity contribution in [3.05, 3.63) is 12.7 Å². The fourth-order valence-corrected chi connectivity index (χ4v) is 1.58. The molecule has 1 rings (SSSR count). The van der Waals surface area contributed by atoms with Gasteiger partial charge in [0.2, 0.25) is 5.91 Å². The number of rotatable bonds is 5. The van der Waals surface area contributed by atoms with E-state index < -0.39 is 5.97 Å². The molecule has 4 heteroatoms. The van der Waals surface area contributed by atoms with Gasteiger partial charge in [-0.1, -0.05) is 6.58 Å². The monoisotopic (exact) mass is 211 g/mol. The van der Waals surface area contributed by atoms with E-state index in [0.29, 0.717) is 19.4 Å². The van der Waals surface area contributed by atoms with Gasteiger partial charge >= 0.3 is 5.97 Å². The maximum Gasteiger partial charge on any atom is 0.330 e. The third kappa shape index (κ3) is 3.73. The van der Waals surface area contributed by atoms with Crippen LogP contribution in [0.3, 0.4) is 0 Å². The first-order valence-corrected chi connectivity index (χ1v) is 5.24. The number of hydrogen-bond acceptors (Lipinski definition) is 3. The minimum Gasteiger partial charge on any atom is -0.459 e. The summed E-state index contributed by atoms with van der Waals surface area (Å²) in [5.41, 5.74) is 0. The summed E-state index contributed by atoms with van der Waals surface area (Å²) < 4.78 is 5.00. The molecule has 4 nitrogen and oxygen atoms in total. The van der Waals surface area contributed by atoms with Gasteiger partial charge in [0, 0.05) is 32.0 Å². The number of carbonyl (C=O) groups is 2. The van der Waals surface area contributed by atoms with Gasteiger partial charge in [0.25, 0.3) is 0 Å². The Morgan fingerprint density at radius 1 is 1.73 bits per heavy atom. The molecule has 0 aromatic carbocycles. The quantitative estimate of drug-likeness (QED) is 0.505. The largest absolute Gasteiger partial charge is 0.459 e. The molecule has 0 aliphatic carbocycles. The van der Waals surface area contributed by atoms with E-state index in [2.05, 4.69) is 6.58 Å². The summed E-state index contributed by atoms with van der Waals surface area (Å²) >= 11 is 0. The highest BCUT2D eigenvalue weighted by Crippen LogP contribution is 2.11. The summed E-state index contributed by atoms with van der Waals surface area (Å²) in [7, 11) is 0. The van der Waals surface area contributed by atoms with Gasteiger partial charge in [0.15, 0.2) is 0 Å². The molecule has 0 N–H and O–H groups in total. The maximum atomic E-state index is 11.3. The lowest BCUT2D eigenvalue weighted by molar-refractivity contribution is -0.142. The second kappa shape index (κ2) is 5.53. The average molecular weight is 211 g/mol. The third-order valence-corrected chi connectivity index (χ3v) is 2.46. The van der Waals surface area contributed by atoms with Crippen molar-refractivity contribution in [1.29, 1.82) is 0 Å². The first kappa shape index (κ1) is 11.8. The van der Waals surface area contributed by atoms with Crippen LogP contribution in [0.1, 0.15) is 26.2 Å². The summed E-state index contributed by atoms with van der Waals surface area (Å²) in [6, 6.07) is 0. The van der Waals surface area contributed by atoms with E-state index in [4.69, 9.17) is 4.74 Å². The molecule has 84 valence electrons. The van der Waals surface area contributed by atoms with Crippen molar-refractivity contribution in [3.8, 4) is 0 Å². The van der Waals surface area contributed by atoms with E-state index in [0.717, 1.165) is 19.0 Å². The first-order valence-electron chi connectivity index (χ1n) is 5.24. The van der Waals surface area contributed by atoms with Crippen LogP contribution in [-0.4, -0.2) is 36.0 Å². The van der Waals surface area contributed by atoms with E-state index in [1.54, 1.807) is 0 Å². The van der Waals surface area contributed by atoms with Crippen molar-refractivity contribution in [2.45, 2.75) is 32.3 Å². The third-order valence-electron chi connectivity index (χ3n) is 2.46. The Bertz CT molecular complexity index is 263. The van der Waals surface area contributed by atoms with Crippen LogP contribution in [0.5, 0.6) is 0 Å². The van der Waals surface area contributed by atoms with E-state index in [1.165, 1.54) is 0 Å². The molecule has 15 heavy (non-hydrogen) atoms. The van der Waals surface area contributed by atoms with Crippen LogP contribution < -0.4 is 0 Å². The fraction of sp³-hybridized carbons (Fsp3) is 0.636. The molecule has 0 radical (unpaired) electrons. The normalized spacial score (nSPS) is 17.7. The Morgan fingerprint density at radius 3 is 3.00 bits per heavy atom. The summed E-state index contributed by atoms with van der Waals surface area (Å²) in [6.45, 7) is 6.65. The Labute approximate surface area is 89.9 Å². The highest BCUT2D eigenvalue weighted by Gasteiger charge is 2.20. The van der Waals surface area contributed by atoms with Crippen molar-refractivity contribution in [1.82, 2.24) is 4.90 Å². The lowest BCUT2D eigenvalue weighted by atomic mass is 10.2. The van der Waals surface area contributed by atoms with E-state index in [-0.39, 0.29) is 12.0 Å². The van der Waals surface area contributed by atoms with Crippen LogP contribution in [-0.2, 0) is 14.3 Å². The number of hydrogen-bond donors (Lipinski definition) is 0. The molecule has 1 atom stereocenters. The minimum absolute atomic E-state index is 0.163. The molecule has 1 fully saturated rings. The van der Waals surface area contributed by atoms with Gasteiger partial charge in [0.05, 0.1) is 0 Å². The minimum atomic E-state index is -0.407. The lowest BCUT2D eigenvalue weighted by Gasteiger charge is -2.18. The molecule has 0 aromatic rings. The molecule has 1 unspecified atom stereocenters. The second-order valence-electron chi connectivity index (χ2n) is 3.72. The number of ether oxygens (including phenoxy) is 1. The molecule has 1 aliphatic rings. The van der Waals surface area contributed by atoms with Gasteiger partial charge in [0.1, 0.15) is 6.10 Å². The molecular formula is C11H17NO3. The van der Waals surface area contributed by atoms with Crippen molar-refractivity contribution in [2.75, 3.05) is 13.1 Å². The van der Waals surface area contributed by atoms with Crippen LogP contribution in [0.15, 0.2) is 12.7 Å². The number of nitrogens with zero attached hydrogens (tertiary/aromatic N) is 1. The van der Waals surface area contributed by atoms with Gasteiger partial charge in [-0.3, -0.25) is 4.79 Å². The van der Waals surface area contributed by atoms with Crippen LogP contribution in [0.2, 0.25) is 0 Å². The van der Waals surface area contributed by atoms with Crippen LogP contribution in [0.25, 0.3) is 0 Å². The van der Waals surface area contributed by atoms with Crippen LogP contribution in [0.4, 0.5) is 0 Å². The zero-order chi connectivity index (χ0) is 11.3. The average Bonchev–Trinajstić information content (AvgIpc) is 2.61. The predicted octanol–water partition coefficient (Wildman–Crippen LogP) is 1.12. The van der Waals surface area contributed by atoms with Crippen LogP contribution >= 0.6 is 0 Å². The fourth-order valence-electron chi connectivity index (χ4n) is 1.58. The van der Waals surface area contributed by atoms with E-state index >= 15 is 0 Å². The Morgan fingerprint density at radius 2 is 2.47 bits per heavy atom. The summed E-state index contributed by atoms with van der Waals surface area (Å²) in [6.07, 6.45) is 3.27. The smallest absolute Gasteiger partial charge is 0.330 e. The predicted molar refractivity (Wildman–Crippen MR) is 56.2 cm³/mol. The Kier molecular flexibility index (Phi) is 4.34. The SMILES string of the molecule is C=CC(=O)OC(C)CCN1CCCC1=O. The molecule has 0 spiro atoms. The summed E-state index contributed by atoms with van der Waals surface area (Å²) in [5.74, 6) is -0.201. The van der Waals surface area contributed by atoms with Crippen molar-refractivity contribution in [3.63, 3.8) is 0 Å². The zero-order valence-electron chi connectivity index (χ0n) is 9.07. The maximum absolute atomic E-state index is 11.3. The first-order chi connectivity index (χ1) is 7.13. The van der Waals surface area contributed by atoms with Gasteiger partial charge in [-0.25, -0.2) is 4.79 Å². The zero-order valence-corrected chi connectivity index (χ0v) is 9.07. The van der Waals surface area contributed by atoms with Gasteiger partial charge < -0.3 is 9.64 Å². The van der Waals surface area contributed by atoms with E-state index in [9.17, 15) is 9.59 Å². The molecule has 1 aliphatic heterocycles. The summed E-state index contributed by atoms with van der Waals surface area (Å²) in [5, 5.41) is 0. The van der Waals surface area contributed by atoms with Crippen molar-refractivity contribution in [2.24, 2.45) is 0 Å². The molecule has 0 saturated carbocycles. The summed E-state index contributed by atoms with van der Waals surface area (Å²) in [4.78, 5) is 23.9. The number of amides is 1. The van der Waals surface area contributed by atoms with Crippen molar-refractivity contribution >= 4 is 11.9 Å². The van der Waals surface area contributed by atoms with Gasteiger partial charge in [-0.05, 0) is 13.3 Å². The topological polar surface area (TPSA) is 46.6 Å².